The molecule has 2 aromatic rings. The van der Waals surface area contributed by atoms with Gasteiger partial charge in [-0.15, -0.1) is 0 Å². The lowest BCUT2D eigenvalue weighted by Crippen LogP contribution is -2.30. The van der Waals surface area contributed by atoms with Gasteiger partial charge >= 0.3 is 0 Å². The summed E-state index contributed by atoms with van der Waals surface area (Å²) in [7, 11) is -3.48. The van der Waals surface area contributed by atoms with Crippen LogP contribution in [0.15, 0.2) is 53.4 Å². The van der Waals surface area contributed by atoms with E-state index in [-0.39, 0.29) is 23.3 Å². The molecule has 0 bridgehead atoms. The van der Waals surface area contributed by atoms with Crippen molar-refractivity contribution in [1.82, 2.24) is 9.62 Å². The van der Waals surface area contributed by atoms with Crippen LogP contribution in [-0.4, -0.2) is 38.3 Å². The largest absolute Gasteiger partial charge is 0.493 e. The maximum absolute atomic E-state index is 12.6. The summed E-state index contributed by atoms with van der Waals surface area (Å²) >= 11 is 0. The molecule has 1 amide bonds. The van der Waals surface area contributed by atoms with Crippen molar-refractivity contribution in [3.63, 3.8) is 0 Å². The molecule has 0 aromatic heterocycles. The van der Waals surface area contributed by atoms with Crippen LogP contribution in [0.25, 0.3) is 0 Å². The number of amides is 1. The third-order valence-electron chi connectivity index (χ3n) is 4.78. The van der Waals surface area contributed by atoms with Crippen molar-refractivity contribution in [2.75, 3.05) is 19.7 Å². The molecule has 0 radical (unpaired) electrons. The molecule has 158 valence electrons. The van der Waals surface area contributed by atoms with Gasteiger partial charge in [-0.25, -0.2) is 8.42 Å². The predicted octanol–water partition coefficient (Wildman–Crippen LogP) is 3.67. The van der Waals surface area contributed by atoms with Crippen LogP contribution >= 0.6 is 0 Å². The highest BCUT2D eigenvalue weighted by Crippen LogP contribution is 2.20. The molecule has 29 heavy (non-hydrogen) atoms. The predicted molar refractivity (Wildman–Crippen MR) is 114 cm³/mol. The van der Waals surface area contributed by atoms with E-state index in [1.54, 1.807) is 24.3 Å². The van der Waals surface area contributed by atoms with Crippen LogP contribution in [0.3, 0.4) is 0 Å². The first-order chi connectivity index (χ1) is 13.8. The van der Waals surface area contributed by atoms with Gasteiger partial charge in [-0.3, -0.25) is 4.79 Å². The van der Waals surface area contributed by atoms with Crippen LogP contribution in [0.1, 0.15) is 44.4 Å². The topological polar surface area (TPSA) is 75.7 Å². The van der Waals surface area contributed by atoms with E-state index < -0.39 is 10.0 Å². The molecule has 0 aliphatic rings. The van der Waals surface area contributed by atoms with Crippen molar-refractivity contribution in [2.45, 2.75) is 45.1 Å². The molecule has 0 spiro atoms. The Kier molecular flexibility index (Phi) is 8.22. The highest BCUT2D eigenvalue weighted by molar-refractivity contribution is 7.89. The lowest BCUT2D eigenvalue weighted by molar-refractivity contribution is -0.122. The highest BCUT2D eigenvalue weighted by Gasteiger charge is 2.21. The maximum atomic E-state index is 12.6. The van der Waals surface area contributed by atoms with Gasteiger partial charge in [-0.1, -0.05) is 44.2 Å². The summed E-state index contributed by atoms with van der Waals surface area (Å²) in [5.41, 5.74) is 1.87. The first-order valence-corrected chi connectivity index (χ1v) is 11.3. The summed E-state index contributed by atoms with van der Waals surface area (Å²) in [6.07, 6.45) is 0.243. The highest BCUT2D eigenvalue weighted by atomic mass is 32.2. The second-order valence-electron chi connectivity index (χ2n) is 6.81. The Hall–Kier alpha value is -2.38. The monoisotopic (exact) mass is 418 g/mol. The minimum absolute atomic E-state index is 0.120. The van der Waals surface area contributed by atoms with Crippen molar-refractivity contribution < 1.29 is 17.9 Å². The Bertz CT molecular complexity index is 907. The Balaban J connectivity index is 1.91. The molecule has 6 nitrogen and oxygen atoms in total. The fourth-order valence-corrected chi connectivity index (χ4v) is 4.47. The molecule has 1 N–H and O–H groups in total. The molecule has 1 atom stereocenters. The van der Waals surface area contributed by atoms with Crippen molar-refractivity contribution >= 4 is 15.9 Å². The molecular formula is C22H30N2O4S. The Morgan fingerprint density at radius 2 is 1.69 bits per heavy atom. The average molecular weight is 419 g/mol. The maximum Gasteiger partial charge on any atom is 0.243 e. The quantitative estimate of drug-likeness (QED) is 0.639. The molecule has 7 heteroatoms. The van der Waals surface area contributed by atoms with Crippen LogP contribution < -0.4 is 10.1 Å². The summed E-state index contributed by atoms with van der Waals surface area (Å²) in [6, 6.07) is 14.1. The fourth-order valence-electron chi connectivity index (χ4n) is 3.01. The minimum Gasteiger partial charge on any atom is -0.493 e. The second kappa shape index (κ2) is 10.4. The zero-order chi connectivity index (χ0) is 21.4. The first-order valence-electron chi connectivity index (χ1n) is 9.87. The van der Waals surface area contributed by atoms with Gasteiger partial charge in [0.05, 0.1) is 24.0 Å². The number of hydrogen-bond acceptors (Lipinski definition) is 4. The van der Waals surface area contributed by atoms with Gasteiger partial charge in [-0.05, 0) is 43.2 Å². The van der Waals surface area contributed by atoms with E-state index in [4.69, 9.17) is 4.74 Å². The molecule has 2 aromatic carbocycles. The summed E-state index contributed by atoms with van der Waals surface area (Å²) in [4.78, 5) is 12.5. The third kappa shape index (κ3) is 6.05. The van der Waals surface area contributed by atoms with E-state index in [1.807, 2.05) is 52.0 Å². The Labute approximate surface area is 173 Å². The van der Waals surface area contributed by atoms with Crippen LogP contribution in [-0.2, 0) is 14.8 Å². The van der Waals surface area contributed by atoms with E-state index in [2.05, 4.69) is 5.32 Å². The van der Waals surface area contributed by atoms with Crippen molar-refractivity contribution in [3.8, 4) is 5.75 Å². The van der Waals surface area contributed by atoms with Crippen molar-refractivity contribution in [2.24, 2.45) is 0 Å². The number of carbonyl (C=O) groups is 1. The van der Waals surface area contributed by atoms with Gasteiger partial charge < -0.3 is 10.1 Å². The van der Waals surface area contributed by atoms with Gasteiger partial charge in [0, 0.05) is 13.1 Å². The lowest BCUT2D eigenvalue weighted by Gasteiger charge is -2.19. The number of para-hydroxylation sites is 1. The van der Waals surface area contributed by atoms with Gasteiger partial charge in [0.1, 0.15) is 5.75 Å². The normalized spacial score (nSPS) is 12.6. The molecule has 0 unspecified atom stereocenters. The lowest BCUT2D eigenvalue weighted by atomic mass is 10.1. The molecule has 0 heterocycles. The van der Waals surface area contributed by atoms with E-state index in [1.165, 1.54) is 4.31 Å². The SMILES string of the molecule is CCN(CC)S(=O)(=O)c1ccc([C@H](C)NC(=O)CCOc2ccccc2C)cc1. The summed E-state index contributed by atoms with van der Waals surface area (Å²) in [6.45, 7) is 8.61. The minimum atomic E-state index is -3.48. The number of benzene rings is 2. The third-order valence-corrected chi connectivity index (χ3v) is 6.85. The number of hydrogen-bond donors (Lipinski definition) is 1. The fraction of sp³-hybridized carbons (Fsp3) is 0.409. The number of aryl methyl sites for hydroxylation is 1. The van der Waals surface area contributed by atoms with Crippen molar-refractivity contribution in [3.05, 3.63) is 59.7 Å². The number of ether oxygens (including phenoxy) is 1. The molecule has 0 saturated heterocycles. The van der Waals surface area contributed by atoms with E-state index in [0.29, 0.717) is 19.7 Å². The average Bonchev–Trinajstić information content (AvgIpc) is 2.70. The molecule has 0 aliphatic carbocycles. The number of nitrogens with one attached hydrogen (secondary N) is 1. The van der Waals surface area contributed by atoms with Crippen LogP contribution in [0, 0.1) is 6.92 Å². The standard InChI is InChI=1S/C22H30N2O4S/c1-5-24(6-2)29(26,27)20-13-11-19(12-14-20)18(4)23-22(25)15-16-28-21-10-8-7-9-17(21)3/h7-14,18H,5-6,15-16H2,1-4H3,(H,23,25)/t18-/m0/s1. The van der Waals surface area contributed by atoms with Gasteiger partial charge in [-0.2, -0.15) is 4.31 Å². The zero-order valence-electron chi connectivity index (χ0n) is 17.5. The number of nitrogens with zero attached hydrogens (tertiary/aromatic N) is 1. The van der Waals surface area contributed by atoms with Crippen molar-refractivity contribution in [1.29, 1.82) is 0 Å². The number of carbonyl (C=O) groups excluding carboxylic acids is 1. The Morgan fingerprint density at radius 3 is 2.28 bits per heavy atom. The zero-order valence-corrected chi connectivity index (χ0v) is 18.3. The number of rotatable bonds is 10. The Morgan fingerprint density at radius 1 is 1.07 bits per heavy atom. The van der Waals surface area contributed by atoms with Crippen LogP contribution in [0.4, 0.5) is 0 Å². The van der Waals surface area contributed by atoms with Gasteiger partial charge in [0.2, 0.25) is 15.9 Å². The summed E-state index contributed by atoms with van der Waals surface area (Å²) in [5, 5.41) is 2.92. The molecule has 0 fully saturated rings. The molecule has 0 saturated carbocycles. The molecule has 2 rings (SSSR count). The smallest absolute Gasteiger partial charge is 0.243 e. The number of sulfonamides is 1. The molecular weight excluding hydrogens is 388 g/mol. The van der Waals surface area contributed by atoms with E-state index in [9.17, 15) is 13.2 Å². The van der Waals surface area contributed by atoms with Gasteiger partial charge in [0.25, 0.3) is 0 Å². The van der Waals surface area contributed by atoms with Crippen LogP contribution in [0.5, 0.6) is 5.75 Å². The van der Waals surface area contributed by atoms with E-state index >= 15 is 0 Å². The summed E-state index contributed by atoms with van der Waals surface area (Å²) in [5.74, 6) is 0.657. The molecule has 0 aliphatic heterocycles. The second-order valence-corrected chi connectivity index (χ2v) is 8.75. The summed E-state index contributed by atoms with van der Waals surface area (Å²) < 4.78 is 32.2. The van der Waals surface area contributed by atoms with E-state index in [0.717, 1.165) is 16.9 Å². The van der Waals surface area contributed by atoms with Crippen LogP contribution in [0.2, 0.25) is 0 Å². The first kappa shape index (κ1) is 22.9. The van der Waals surface area contributed by atoms with Gasteiger partial charge in [0.15, 0.2) is 0 Å².